The maximum Gasteiger partial charge on any atom is 0.259 e. The average Bonchev–Trinajstić information content (AvgIpc) is 3.33. The molecule has 2 heterocycles. The van der Waals surface area contributed by atoms with Crippen molar-refractivity contribution in [2.45, 2.75) is 32.7 Å². The van der Waals surface area contributed by atoms with Gasteiger partial charge in [0.1, 0.15) is 17.6 Å². The molecule has 3 aromatic carbocycles. The number of para-hydroxylation sites is 2. The minimum absolute atomic E-state index is 0.0222. The first-order valence-electron chi connectivity index (χ1n) is 12.7. The largest absolute Gasteiger partial charge is 0.459 e. The van der Waals surface area contributed by atoms with Gasteiger partial charge in [0.15, 0.2) is 5.78 Å². The van der Waals surface area contributed by atoms with Crippen LogP contribution in [0.25, 0.3) is 11.3 Å². The van der Waals surface area contributed by atoms with E-state index in [-0.39, 0.29) is 17.1 Å². The molecule has 1 amide bonds. The summed E-state index contributed by atoms with van der Waals surface area (Å²) in [7, 11) is 0. The minimum atomic E-state index is -0.721. The zero-order valence-corrected chi connectivity index (χ0v) is 22.8. The molecular weight excluding hydrogens is 540 g/mol. The van der Waals surface area contributed by atoms with Gasteiger partial charge in [-0.15, -0.1) is 0 Å². The Labute approximate surface area is 230 Å². The molecule has 0 saturated heterocycles. The maximum absolute atomic E-state index is 14.2. The molecule has 38 heavy (non-hydrogen) atoms. The van der Waals surface area contributed by atoms with Gasteiger partial charge in [-0.1, -0.05) is 72.2 Å². The van der Waals surface area contributed by atoms with E-state index in [4.69, 9.17) is 4.42 Å². The Bertz CT molecular complexity index is 1570. The van der Waals surface area contributed by atoms with Crippen LogP contribution in [-0.2, 0) is 4.79 Å². The first-order chi connectivity index (χ1) is 18.3. The number of Topliss-reactive ketones (excluding diaryl/α,β-unsaturated/α-hetero) is 1. The van der Waals surface area contributed by atoms with Crippen molar-refractivity contribution in [1.82, 2.24) is 0 Å². The van der Waals surface area contributed by atoms with Gasteiger partial charge < -0.3 is 9.73 Å². The van der Waals surface area contributed by atoms with Gasteiger partial charge >= 0.3 is 0 Å². The van der Waals surface area contributed by atoms with Crippen LogP contribution in [0.2, 0.25) is 0 Å². The minimum Gasteiger partial charge on any atom is -0.459 e. The molecule has 1 unspecified atom stereocenters. The van der Waals surface area contributed by atoms with Crippen molar-refractivity contribution in [3.63, 3.8) is 0 Å². The van der Waals surface area contributed by atoms with Crippen LogP contribution in [0.5, 0.6) is 0 Å². The zero-order chi connectivity index (χ0) is 26.4. The first-order valence-corrected chi connectivity index (χ1v) is 13.5. The number of furan rings is 1. The smallest absolute Gasteiger partial charge is 0.259 e. The molecule has 0 radical (unpaired) electrons. The molecule has 1 aliphatic heterocycles. The molecule has 1 N–H and O–H groups in total. The Kier molecular flexibility index (Phi) is 6.07. The van der Waals surface area contributed by atoms with Crippen molar-refractivity contribution in [2.24, 2.45) is 5.41 Å². The van der Waals surface area contributed by atoms with Crippen molar-refractivity contribution >= 4 is 39.0 Å². The number of anilines is 2. The van der Waals surface area contributed by atoms with E-state index >= 15 is 0 Å². The highest BCUT2D eigenvalue weighted by molar-refractivity contribution is 9.10. The fraction of sp³-hybridized carbons (Fsp3) is 0.188. The molecule has 1 aliphatic carbocycles. The van der Waals surface area contributed by atoms with Gasteiger partial charge in [0.2, 0.25) is 0 Å². The number of carbonyl (C=O) groups excluding carboxylic acids is 2. The van der Waals surface area contributed by atoms with Gasteiger partial charge in [-0.3, -0.25) is 14.5 Å². The Balaban J connectivity index is 1.58. The van der Waals surface area contributed by atoms with E-state index in [0.29, 0.717) is 41.2 Å². The number of hydrogen-bond donors (Lipinski definition) is 1. The Morgan fingerprint density at radius 1 is 0.921 bits per heavy atom. The fourth-order valence-corrected chi connectivity index (χ4v) is 5.73. The molecule has 1 atom stereocenters. The number of ketones is 1. The molecular formula is C32H27BrN2O3. The Morgan fingerprint density at radius 3 is 2.39 bits per heavy atom. The highest BCUT2D eigenvalue weighted by Gasteiger charge is 2.44. The lowest BCUT2D eigenvalue weighted by Gasteiger charge is -2.36. The summed E-state index contributed by atoms with van der Waals surface area (Å²) >= 11 is 3.48. The number of nitrogens with zero attached hydrogens (tertiary/aromatic N) is 1. The van der Waals surface area contributed by atoms with E-state index in [9.17, 15) is 9.59 Å². The van der Waals surface area contributed by atoms with Gasteiger partial charge in [0, 0.05) is 33.3 Å². The molecule has 6 heteroatoms. The lowest BCUT2D eigenvalue weighted by Crippen LogP contribution is -2.39. The molecule has 0 spiro atoms. The van der Waals surface area contributed by atoms with Gasteiger partial charge in [0.25, 0.3) is 5.91 Å². The third-order valence-corrected chi connectivity index (χ3v) is 7.69. The van der Waals surface area contributed by atoms with Crippen molar-refractivity contribution in [3.8, 4) is 11.3 Å². The summed E-state index contributed by atoms with van der Waals surface area (Å²) in [5.41, 5.74) is 4.17. The lowest BCUT2D eigenvalue weighted by molar-refractivity contribution is -0.118. The molecule has 2 aliphatic rings. The van der Waals surface area contributed by atoms with E-state index in [2.05, 4.69) is 35.1 Å². The summed E-state index contributed by atoms with van der Waals surface area (Å²) in [4.78, 5) is 29.8. The maximum atomic E-state index is 14.2. The molecule has 5 nitrogen and oxygen atoms in total. The number of fused-ring (bicyclic) bond motifs is 1. The van der Waals surface area contributed by atoms with Crippen molar-refractivity contribution in [2.75, 3.05) is 10.2 Å². The van der Waals surface area contributed by atoms with Gasteiger partial charge in [-0.2, -0.15) is 0 Å². The predicted molar refractivity (Wildman–Crippen MR) is 153 cm³/mol. The molecule has 0 fully saturated rings. The standard InChI is InChI=1S/C32H27BrN2O3/c1-32(2)18-24-29(26(36)19-32)30(28-17-16-27(38-28)20-12-14-22(33)15-13-20)35(25-11-7-6-10-23(25)34-24)31(37)21-8-4-3-5-9-21/h3-17,30,34H,18-19H2,1-2H3. The van der Waals surface area contributed by atoms with Crippen LogP contribution in [-0.4, -0.2) is 11.7 Å². The van der Waals surface area contributed by atoms with E-state index in [0.717, 1.165) is 21.4 Å². The zero-order valence-electron chi connectivity index (χ0n) is 21.2. The molecule has 4 aromatic rings. The van der Waals surface area contributed by atoms with E-state index in [1.807, 2.05) is 78.9 Å². The Hall–Kier alpha value is -3.90. The summed E-state index contributed by atoms with van der Waals surface area (Å²) in [6.07, 6.45) is 1.08. The van der Waals surface area contributed by atoms with Crippen LogP contribution < -0.4 is 10.2 Å². The summed E-state index contributed by atoms with van der Waals surface area (Å²) in [6, 6.07) is 27.9. The number of allylic oxidation sites excluding steroid dienone is 1. The summed E-state index contributed by atoms with van der Waals surface area (Å²) < 4.78 is 7.44. The summed E-state index contributed by atoms with van der Waals surface area (Å²) in [5.74, 6) is 1.05. The monoisotopic (exact) mass is 566 g/mol. The van der Waals surface area contributed by atoms with Crippen LogP contribution in [0, 0.1) is 5.41 Å². The average molecular weight is 567 g/mol. The molecule has 6 rings (SSSR count). The molecule has 0 saturated carbocycles. The molecule has 0 bridgehead atoms. The Morgan fingerprint density at radius 2 is 1.63 bits per heavy atom. The number of hydrogen-bond acceptors (Lipinski definition) is 4. The van der Waals surface area contributed by atoms with Crippen LogP contribution in [0.4, 0.5) is 11.4 Å². The van der Waals surface area contributed by atoms with Gasteiger partial charge in [-0.25, -0.2) is 0 Å². The number of nitrogens with one attached hydrogen (secondary N) is 1. The second kappa shape index (κ2) is 9.44. The third-order valence-electron chi connectivity index (χ3n) is 7.17. The summed E-state index contributed by atoms with van der Waals surface area (Å²) in [5, 5.41) is 3.55. The number of carbonyl (C=O) groups is 2. The predicted octanol–water partition coefficient (Wildman–Crippen LogP) is 8.17. The van der Waals surface area contributed by atoms with Crippen molar-refractivity contribution in [1.29, 1.82) is 0 Å². The summed E-state index contributed by atoms with van der Waals surface area (Å²) in [6.45, 7) is 4.21. The lowest BCUT2D eigenvalue weighted by atomic mass is 9.74. The number of rotatable bonds is 3. The number of amides is 1. The van der Waals surface area contributed by atoms with Crippen molar-refractivity contribution < 1.29 is 14.0 Å². The number of halogens is 1. The molecule has 190 valence electrons. The molecule has 1 aromatic heterocycles. The van der Waals surface area contributed by atoms with Crippen LogP contribution in [0.15, 0.2) is 111 Å². The van der Waals surface area contributed by atoms with Crippen LogP contribution >= 0.6 is 15.9 Å². The topological polar surface area (TPSA) is 62.6 Å². The third kappa shape index (κ3) is 4.39. The number of benzene rings is 3. The van der Waals surface area contributed by atoms with E-state index in [1.165, 1.54) is 0 Å². The fourth-order valence-electron chi connectivity index (χ4n) is 5.47. The van der Waals surface area contributed by atoms with Gasteiger partial charge in [0.05, 0.1) is 11.4 Å². The van der Waals surface area contributed by atoms with E-state index < -0.39 is 6.04 Å². The van der Waals surface area contributed by atoms with Crippen LogP contribution in [0.1, 0.15) is 48.8 Å². The second-order valence-electron chi connectivity index (χ2n) is 10.6. The first kappa shape index (κ1) is 24.4. The van der Waals surface area contributed by atoms with Crippen molar-refractivity contribution in [3.05, 3.63) is 118 Å². The quantitative estimate of drug-likeness (QED) is 0.271. The SMILES string of the molecule is CC1(C)CC(=O)C2=C(C1)Nc1ccccc1N(C(=O)c1ccccc1)C2c1ccc(-c2ccc(Br)cc2)o1. The van der Waals surface area contributed by atoms with E-state index in [1.54, 1.807) is 17.0 Å². The van der Waals surface area contributed by atoms with Crippen LogP contribution in [0.3, 0.4) is 0 Å². The highest BCUT2D eigenvalue weighted by Crippen LogP contribution is 2.49. The normalized spacial score (nSPS) is 18.3. The second-order valence-corrected chi connectivity index (χ2v) is 11.5. The van der Waals surface area contributed by atoms with Gasteiger partial charge in [-0.05, 0) is 60.4 Å². The highest BCUT2D eigenvalue weighted by atomic mass is 79.9.